The third-order valence-corrected chi connectivity index (χ3v) is 5.28. The quantitative estimate of drug-likeness (QED) is 0.631. The highest BCUT2D eigenvalue weighted by Crippen LogP contribution is 2.29. The normalized spacial score (nSPS) is 17.1. The standard InChI is InChI=1S/C15H19N5O4S/c1-3-14-17-15-7-4-10(9-19(15)18-14)16-12-6-5-11(25(2,23)24)8-13(12)20(21)22/h5-6,8,10,16H,3-4,7,9H2,1-2H3. The van der Waals surface area contributed by atoms with Gasteiger partial charge in [0.1, 0.15) is 11.5 Å². The van der Waals surface area contributed by atoms with Gasteiger partial charge >= 0.3 is 0 Å². The molecule has 134 valence electrons. The number of aromatic nitrogens is 3. The van der Waals surface area contributed by atoms with Crippen LogP contribution in [0.25, 0.3) is 0 Å². The number of nitro groups is 1. The van der Waals surface area contributed by atoms with Crippen LogP contribution >= 0.6 is 0 Å². The molecule has 0 radical (unpaired) electrons. The molecular weight excluding hydrogens is 346 g/mol. The number of nitrogens with one attached hydrogen (secondary N) is 1. The monoisotopic (exact) mass is 365 g/mol. The predicted octanol–water partition coefficient (Wildman–Crippen LogP) is 1.58. The number of sulfone groups is 1. The second-order valence-corrected chi connectivity index (χ2v) is 8.08. The Kier molecular flexibility index (Phi) is 4.46. The molecule has 0 spiro atoms. The Hall–Kier alpha value is -2.49. The van der Waals surface area contributed by atoms with Crippen molar-refractivity contribution >= 4 is 21.2 Å². The zero-order chi connectivity index (χ0) is 18.2. The van der Waals surface area contributed by atoms with Crippen LogP contribution in [0.2, 0.25) is 0 Å². The lowest BCUT2D eigenvalue weighted by Crippen LogP contribution is -2.32. The van der Waals surface area contributed by atoms with E-state index in [1.54, 1.807) is 0 Å². The first-order valence-corrected chi connectivity index (χ1v) is 9.84. The summed E-state index contributed by atoms with van der Waals surface area (Å²) in [7, 11) is -3.50. The van der Waals surface area contributed by atoms with Crippen LogP contribution in [0, 0.1) is 10.1 Å². The summed E-state index contributed by atoms with van der Waals surface area (Å²) in [6.45, 7) is 2.55. The van der Waals surface area contributed by atoms with Crippen molar-refractivity contribution in [2.75, 3.05) is 11.6 Å². The van der Waals surface area contributed by atoms with Gasteiger partial charge in [0.15, 0.2) is 15.7 Å². The Morgan fingerprint density at radius 1 is 1.44 bits per heavy atom. The van der Waals surface area contributed by atoms with Crippen molar-refractivity contribution in [2.24, 2.45) is 0 Å². The van der Waals surface area contributed by atoms with Gasteiger partial charge in [0.25, 0.3) is 5.69 Å². The maximum Gasteiger partial charge on any atom is 0.293 e. The number of hydrogen-bond acceptors (Lipinski definition) is 7. The maximum absolute atomic E-state index is 11.6. The third kappa shape index (κ3) is 3.63. The Balaban J connectivity index is 1.84. The lowest BCUT2D eigenvalue weighted by molar-refractivity contribution is -0.384. The van der Waals surface area contributed by atoms with Gasteiger partial charge in [-0.25, -0.2) is 18.1 Å². The van der Waals surface area contributed by atoms with Crippen molar-refractivity contribution in [3.63, 3.8) is 0 Å². The van der Waals surface area contributed by atoms with Gasteiger partial charge < -0.3 is 5.32 Å². The molecule has 1 aromatic heterocycles. The van der Waals surface area contributed by atoms with E-state index < -0.39 is 14.8 Å². The van der Waals surface area contributed by atoms with E-state index in [9.17, 15) is 18.5 Å². The first kappa shape index (κ1) is 17.3. The van der Waals surface area contributed by atoms with Gasteiger partial charge in [-0.3, -0.25) is 10.1 Å². The Morgan fingerprint density at radius 3 is 2.84 bits per heavy atom. The van der Waals surface area contributed by atoms with Crippen LogP contribution in [0.4, 0.5) is 11.4 Å². The lowest BCUT2D eigenvalue weighted by atomic mass is 10.1. The average Bonchev–Trinajstić information content (AvgIpc) is 2.96. The number of hydrogen-bond donors (Lipinski definition) is 1. The molecule has 0 amide bonds. The smallest absolute Gasteiger partial charge is 0.293 e. The molecule has 0 saturated carbocycles. The third-order valence-electron chi connectivity index (χ3n) is 4.17. The SMILES string of the molecule is CCc1nc2n(n1)CC(Nc1ccc(S(C)(=O)=O)cc1[N+](=O)[O-])CC2. The largest absolute Gasteiger partial charge is 0.375 e. The lowest BCUT2D eigenvalue weighted by Gasteiger charge is -2.24. The first-order chi connectivity index (χ1) is 11.8. The molecule has 3 rings (SSSR count). The Morgan fingerprint density at radius 2 is 2.20 bits per heavy atom. The minimum atomic E-state index is -3.50. The van der Waals surface area contributed by atoms with Gasteiger partial charge in [0, 0.05) is 31.2 Å². The fourth-order valence-electron chi connectivity index (χ4n) is 2.86. The van der Waals surface area contributed by atoms with Gasteiger partial charge in [0.2, 0.25) is 0 Å². The maximum atomic E-state index is 11.6. The number of benzene rings is 1. The van der Waals surface area contributed by atoms with Crippen molar-refractivity contribution in [1.82, 2.24) is 14.8 Å². The van der Waals surface area contributed by atoms with Crippen molar-refractivity contribution < 1.29 is 13.3 Å². The summed E-state index contributed by atoms with van der Waals surface area (Å²) in [6, 6.07) is 3.88. The van der Waals surface area contributed by atoms with E-state index in [0.29, 0.717) is 12.2 Å². The molecule has 25 heavy (non-hydrogen) atoms. The first-order valence-electron chi connectivity index (χ1n) is 7.95. The zero-order valence-corrected chi connectivity index (χ0v) is 14.8. The minimum absolute atomic E-state index is 0.0401. The molecule has 1 atom stereocenters. The second-order valence-electron chi connectivity index (χ2n) is 6.07. The van der Waals surface area contributed by atoms with Crippen molar-refractivity contribution in [2.45, 2.75) is 43.7 Å². The Labute approximate surface area is 145 Å². The number of fused-ring (bicyclic) bond motifs is 1. The highest BCUT2D eigenvalue weighted by atomic mass is 32.2. The molecule has 1 aromatic carbocycles. The molecular formula is C15H19N5O4S. The van der Waals surface area contributed by atoms with E-state index in [-0.39, 0.29) is 16.6 Å². The van der Waals surface area contributed by atoms with Gasteiger partial charge in [-0.2, -0.15) is 5.10 Å². The molecule has 0 fully saturated rings. The molecule has 9 nitrogen and oxygen atoms in total. The summed E-state index contributed by atoms with van der Waals surface area (Å²) in [5.41, 5.74) is 0.0586. The van der Waals surface area contributed by atoms with E-state index in [0.717, 1.165) is 43.2 Å². The van der Waals surface area contributed by atoms with Crippen molar-refractivity contribution in [1.29, 1.82) is 0 Å². The van der Waals surface area contributed by atoms with Crippen LogP contribution in [-0.4, -0.2) is 40.4 Å². The van der Waals surface area contributed by atoms with E-state index in [1.165, 1.54) is 12.1 Å². The summed E-state index contributed by atoms with van der Waals surface area (Å²) >= 11 is 0. The molecule has 2 aromatic rings. The van der Waals surface area contributed by atoms with Gasteiger partial charge in [-0.1, -0.05) is 6.92 Å². The average molecular weight is 365 g/mol. The van der Waals surface area contributed by atoms with Crippen LogP contribution < -0.4 is 5.32 Å². The van der Waals surface area contributed by atoms with E-state index in [4.69, 9.17) is 0 Å². The highest BCUT2D eigenvalue weighted by Gasteiger charge is 2.25. The summed E-state index contributed by atoms with van der Waals surface area (Å²) in [5.74, 6) is 1.72. The molecule has 1 N–H and O–H groups in total. The van der Waals surface area contributed by atoms with Gasteiger partial charge in [-0.05, 0) is 18.6 Å². The topological polar surface area (TPSA) is 120 Å². The number of rotatable bonds is 5. The molecule has 1 aliphatic heterocycles. The molecule has 1 aliphatic rings. The molecule has 0 aliphatic carbocycles. The number of anilines is 1. The highest BCUT2D eigenvalue weighted by molar-refractivity contribution is 7.90. The number of nitrogens with zero attached hydrogens (tertiary/aromatic N) is 4. The molecule has 2 heterocycles. The fourth-order valence-corrected chi connectivity index (χ4v) is 3.50. The second kappa shape index (κ2) is 6.43. The van der Waals surface area contributed by atoms with E-state index in [2.05, 4.69) is 15.4 Å². The van der Waals surface area contributed by atoms with Crippen molar-refractivity contribution in [3.8, 4) is 0 Å². The molecule has 1 unspecified atom stereocenters. The van der Waals surface area contributed by atoms with E-state index in [1.807, 2.05) is 11.6 Å². The van der Waals surface area contributed by atoms with Crippen LogP contribution in [-0.2, 0) is 29.2 Å². The van der Waals surface area contributed by atoms with Gasteiger partial charge in [0.05, 0.1) is 16.4 Å². The summed E-state index contributed by atoms with van der Waals surface area (Å²) in [6.07, 6.45) is 3.29. The molecule has 0 saturated heterocycles. The van der Waals surface area contributed by atoms with Crippen LogP contribution in [0.15, 0.2) is 23.1 Å². The van der Waals surface area contributed by atoms with Crippen molar-refractivity contribution in [3.05, 3.63) is 40.0 Å². The van der Waals surface area contributed by atoms with Gasteiger partial charge in [-0.15, -0.1) is 0 Å². The number of aryl methyl sites for hydroxylation is 2. The summed E-state index contributed by atoms with van der Waals surface area (Å²) in [4.78, 5) is 15.1. The predicted molar refractivity (Wildman–Crippen MR) is 91.3 cm³/mol. The summed E-state index contributed by atoms with van der Waals surface area (Å²) in [5, 5.41) is 18.9. The van der Waals surface area contributed by atoms with Crippen LogP contribution in [0.3, 0.4) is 0 Å². The number of nitro benzene ring substituents is 1. The van der Waals surface area contributed by atoms with E-state index >= 15 is 0 Å². The summed E-state index contributed by atoms with van der Waals surface area (Å²) < 4.78 is 25.1. The zero-order valence-electron chi connectivity index (χ0n) is 14.0. The Bertz CT molecular complexity index is 922. The molecule has 10 heteroatoms. The molecule has 0 bridgehead atoms. The minimum Gasteiger partial charge on any atom is -0.375 e. The van der Waals surface area contributed by atoms with Crippen LogP contribution in [0.1, 0.15) is 25.0 Å². The van der Waals surface area contributed by atoms with Crippen LogP contribution in [0.5, 0.6) is 0 Å². The fraction of sp³-hybridized carbons (Fsp3) is 0.467.